The Morgan fingerprint density at radius 3 is 2.30 bits per heavy atom. The van der Waals surface area contributed by atoms with E-state index in [9.17, 15) is 13.2 Å². The van der Waals surface area contributed by atoms with E-state index in [-0.39, 0.29) is 11.4 Å². The zero-order chi connectivity index (χ0) is 25.8. The summed E-state index contributed by atoms with van der Waals surface area (Å²) in [5, 5.41) is 0.785. The number of hydrogen-bond donors (Lipinski definition) is 0. The highest BCUT2D eigenvalue weighted by Gasteiger charge is 2.29. The molecule has 1 aliphatic carbocycles. The second-order valence-electron chi connectivity index (χ2n) is 9.43. The number of ether oxygens (including phenoxy) is 1. The van der Waals surface area contributed by atoms with E-state index >= 15 is 0 Å². The summed E-state index contributed by atoms with van der Waals surface area (Å²) in [6, 6.07) is 25.2. The molecule has 0 amide bonds. The smallest absolute Gasteiger partial charge is 0.337 e. The monoisotopic (exact) mass is 514 g/mol. The van der Waals surface area contributed by atoms with Gasteiger partial charge in [0.25, 0.3) is 10.0 Å². The van der Waals surface area contributed by atoms with Crippen molar-refractivity contribution in [3.63, 3.8) is 0 Å². The van der Waals surface area contributed by atoms with Gasteiger partial charge in [-0.3, -0.25) is 9.29 Å². The van der Waals surface area contributed by atoms with Gasteiger partial charge in [-0.15, -0.1) is 0 Å². The molecule has 0 aliphatic heterocycles. The summed E-state index contributed by atoms with van der Waals surface area (Å²) in [5.74, 6) is -0.194. The van der Waals surface area contributed by atoms with E-state index in [4.69, 9.17) is 9.72 Å². The van der Waals surface area contributed by atoms with E-state index in [0.717, 1.165) is 47.8 Å². The van der Waals surface area contributed by atoms with Crippen molar-refractivity contribution in [3.8, 4) is 0 Å². The van der Waals surface area contributed by atoms with E-state index in [1.54, 1.807) is 0 Å². The fraction of sp³-hybridized carbons (Fsp3) is 0.267. The molecule has 6 nitrogen and oxygen atoms in total. The van der Waals surface area contributed by atoms with Crippen molar-refractivity contribution in [3.05, 3.63) is 102 Å². The fourth-order valence-corrected chi connectivity index (χ4v) is 6.51. The Kier molecular flexibility index (Phi) is 7.24. The normalized spacial score (nSPS) is 14.4. The summed E-state index contributed by atoms with van der Waals surface area (Å²) < 4.78 is 34.7. The van der Waals surface area contributed by atoms with Crippen molar-refractivity contribution < 1.29 is 17.9 Å². The lowest BCUT2D eigenvalue weighted by atomic mass is 9.86. The molecule has 0 unspecified atom stereocenters. The summed E-state index contributed by atoms with van der Waals surface area (Å²) >= 11 is 0. The molecule has 0 N–H and O–H groups in total. The molecule has 0 radical (unpaired) electrons. The summed E-state index contributed by atoms with van der Waals surface area (Å²) in [6.07, 6.45) is 5.67. The van der Waals surface area contributed by atoms with Gasteiger partial charge in [0.2, 0.25) is 0 Å². The minimum Gasteiger partial charge on any atom is -0.465 e. The lowest BCUT2D eigenvalue weighted by Crippen LogP contribution is -2.31. The zero-order valence-corrected chi connectivity index (χ0v) is 21.7. The van der Waals surface area contributed by atoms with Gasteiger partial charge in [-0.1, -0.05) is 67.8 Å². The average Bonchev–Trinajstić information content (AvgIpc) is 2.96. The number of sulfonamides is 1. The number of pyridine rings is 1. The number of anilines is 1. The van der Waals surface area contributed by atoms with E-state index in [0.29, 0.717) is 17.2 Å². The molecule has 0 bridgehead atoms. The number of esters is 1. The lowest BCUT2D eigenvalue weighted by molar-refractivity contribution is 0.0600. The van der Waals surface area contributed by atoms with Crippen molar-refractivity contribution in [2.45, 2.75) is 49.5 Å². The van der Waals surface area contributed by atoms with Crippen LogP contribution in [0.4, 0.5) is 5.69 Å². The molecule has 1 fully saturated rings. The highest BCUT2D eigenvalue weighted by molar-refractivity contribution is 7.92. The predicted octanol–water partition coefficient (Wildman–Crippen LogP) is 6.46. The third-order valence-corrected chi connectivity index (χ3v) is 8.81. The molecule has 0 saturated heterocycles. The first-order chi connectivity index (χ1) is 18.0. The number of carbonyl (C=O) groups is 1. The molecule has 1 aliphatic rings. The van der Waals surface area contributed by atoms with Crippen LogP contribution in [-0.2, 0) is 21.3 Å². The number of hydrogen-bond acceptors (Lipinski definition) is 5. The summed E-state index contributed by atoms with van der Waals surface area (Å²) in [5.41, 5.74) is 3.52. The van der Waals surface area contributed by atoms with Gasteiger partial charge in [0.05, 0.1) is 35.3 Å². The minimum atomic E-state index is -3.99. The maximum atomic E-state index is 14.2. The van der Waals surface area contributed by atoms with E-state index in [1.165, 1.54) is 42.1 Å². The van der Waals surface area contributed by atoms with Crippen LogP contribution in [0.2, 0.25) is 0 Å². The number of nitrogens with zero attached hydrogens (tertiary/aromatic N) is 2. The van der Waals surface area contributed by atoms with Crippen LogP contribution in [0.5, 0.6) is 0 Å². The highest BCUT2D eigenvalue weighted by atomic mass is 32.2. The first kappa shape index (κ1) is 25.0. The van der Waals surface area contributed by atoms with Gasteiger partial charge in [-0.2, -0.15) is 0 Å². The first-order valence-corrected chi connectivity index (χ1v) is 14.1. The number of fused-ring (bicyclic) bond motifs is 1. The van der Waals surface area contributed by atoms with Crippen LogP contribution in [0, 0.1) is 0 Å². The number of benzene rings is 3. The van der Waals surface area contributed by atoms with Gasteiger partial charge in [0.15, 0.2) is 0 Å². The largest absolute Gasteiger partial charge is 0.465 e. The van der Waals surface area contributed by atoms with Gasteiger partial charge < -0.3 is 4.74 Å². The standard InChI is InChI=1S/C30H30N2O4S/c1-36-30(33)24-16-18-25(19-17-24)37(34,35)32(21-22-10-4-2-5-11-22)29-20-28(23-12-6-3-7-13-23)31-27-15-9-8-14-26(27)29/h2,4-5,8-11,14-20,23H,3,6-7,12-13,21H2,1H3. The molecule has 1 heterocycles. The quantitative estimate of drug-likeness (QED) is 0.264. The predicted molar refractivity (Wildman–Crippen MR) is 145 cm³/mol. The topological polar surface area (TPSA) is 76.6 Å². The summed E-state index contributed by atoms with van der Waals surface area (Å²) in [7, 11) is -2.69. The van der Waals surface area contributed by atoms with Crippen LogP contribution < -0.4 is 4.31 Å². The maximum absolute atomic E-state index is 14.2. The summed E-state index contributed by atoms with van der Waals surface area (Å²) in [6.45, 7) is 0.167. The van der Waals surface area contributed by atoms with Gasteiger partial charge in [-0.05, 0) is 54.8 Å². The Balaban J connectivity index is 1.67. The Labute approximate surface area is 218 Å². The average molecular weight is 515 g/mol. The van der Waals surface area contributed by atoms with Gasteiger partial charge in [0.1, 0.15) is 0 Å². The van der Waals surface area contributed by atoms with Gasteiger partial charge in [0, 0.05) is 17.0 Å². The second kappa shape index (κ2) is 10.7. The number of methoxy groups -OCH3 is 1. The number of rotatable bonds is 7. The number of carbonyl (C=O) groups excluding carboxylic acids is 1. The van der Waals surface area contributed by atoms with Crippen LogP contribution in [0.1, 0.15) is 59.6 Å². The van der Waals surface area contributed by atoms with Crippen LogP contribution in [0.3, 0.4) is 0 Å². The first-order valence-electron chi connectivity index (χ1n) is 12.6. The number of para-hydroxylation sites is 1. The van der Waals surface area contributed by atoms with E-state index in [1.807, 2.05) is 60.7 Å². The molecular formula is C30H30N2O4S. The molecule has 5 rings (SSSR count). The van der Waals surface area contributed by atoms with Crippen molar-refractivity contribution in [1.82, 2.24) is 4.98 Å². The molecule has 4 aromatic rings. The second-order valence-corrected chi connectivity index (χ2v) is 11.3. The SMILES string of the molecule is COC(=O)c1ccc(S(=O)(=O)N(Cc2ccccc2)c2cc(C3CCCCC3)nc3ccccc23)cc1. The number of aromatic nitrogens is 1. The molecular weight excluding hydrogens is 484 g/mol. The molecule has 190 valence electrons. The van der Waals surface area contributed by atoms with Crippen LogP contribution in [-0.4, -0.2) is 26.5 Å². The third-order valence-electron chi connectivity index (χ3n) is 7.04. The molecule has 0 spiro atoms. The van der Waals surface area contributed by atoms with E-state index in [2.05, 4.69) is 0 Å². The molecule has 1 saturated carbocycles. The fourth-order valence-electron chi connectivity index (χ4n) is 5.05. The third kappa shape index (κ3) is 5.23. The van der Waals surface area contributed by atoms with Crippen molar-refractivity contribution in [2.24, 2.45) is 0 Å². The van der Waals surface area contributed by atoms with Crippen molar-refractivity contribution >= 4 is 32.6 Å². The lowest BCUT2D eigenvalue weighted by Gasteiger charge is -2.28. The zero-order valence-electron chi connectivity index (χ0n) is 20.8. The molecule has 37 heavy (non-hydrogen) atoms. The van der Waals surface area contributed by atoms with Crippen LogP contribution in [0.25, 0.3) is 10.9 Å². The molecule has 7 heteroatoms. The van der Waals surface area contributed by atoms with Crippen LogP contribution in [0.15, 0.2) is 89.8 Å². The Morgan fingerprint density at radius 1 is 0.919 bits per heavy atom. The maximum Gasteiger partial charge on any atom is 0.337 e. The highest BCUT2D eigenvalue weighted by Crippen LogP contribution is 2.38. The molecule has 0 atom stereocenters. The van der Waals surface area contributed by atoms with Gasteiger partial charge in [-0.25, -0.2) is 13.2 Å². The Bertz CT molecular complexity index is 1500. The summed E-state index contributed by atoms with van der Waals surface area (Å²) in [4.78, 5) is 17.0. The van der Waals surface area contributed by atoms with E-state index < -0.39 is 16.0 Å². The molecule has 1 aromatic heterocycles. The molecule has 3 aromatic carbocycles. The van der Waals surface area contributed by atoms with Crippen LogP contribution >= 0.6 is 0 Å². The Hall–Kier alpha value is -3.71. The van der Waals surface area contributed by atoms with Gasteiger partial charge >= 0.3 is 5.97 Å². The minimum absolute atomic E-state index is 0.108. The van der Waals surface area contributed by atoms with Crippen molar-refractivity contribution in [1.29, 1.82) is 0 Å². The van der Waals surface area contributed by atoms with Crippen molar-refractivity contribution in [2.75, 3.05) is 11.4 Å². The Morgan fingerprint density at radius 2 is 1.59 bits per heavy atom.